The van der Waals surface area contributed by atoms with E-state index in [0.717, 1.165) is 18.9 Å². The summed E-state index contributed by atoms with van der Waals surface area (Å²) >= 11 is 0. The number of hydrogen-bond acceptors (Lipinski definition) is 2. The zero-order valence-corrected chi connectivity index (χ0v) is 12.0. The number of rotatable bonds is 4. The van der Waals surface area contributed by atoms with Crippen LogP contribution in [0.5, 0.6) is 0 Å². The van der Waals surface area contributed by atoms with Crippen molar-refractivity contribution in [1.29, 1.82) is 0 Å². The van der Waals surface area contributed by atoms with Gasteiger partial charge in [0, 0.05) is 17.7 Å². The van der Waals surface area contributed by atoms with Crippen molar-refractivity contribution in [1.82, 2.24) is 5.32 Å². The number of carbonyl (C=O) groups is 2. The highest BCUT2D eigenvalue weighted by molar-refractivity contribution is 5.95. The van der Waals surface area contributed by atoms with Gasteiger partial charge in [-0.3, -0.25) is 4.79 Å². The van der Waals surface area contributed by atoms with Crippen LogP contribution in [0.15, 0.2) is 30.3 Å². The third kappa shape index (κ3) is 5.06. The highest BCUT2D eigenvalue weighted by Crippen LogP contribution is 2.18. The number of amides is 1. The van der Waals surface area contributed by atoms with Crippen molar-refractivity contribution in [3.05, 3.63) is 41.5 Å². The summed E-state index contributed by atoms with van der Waals surface area (Å²) in [7, 11) is 0. The molecule has 0 heterocycles. The molecule has 0 aromatic heterocycles. The number of benzene rings is 1. The lowest BCUT2D eigenvalue weighted by Gasteiger charge is -2.16. The zero-order valence-electron chi connectivity index (χ0n) is 12.0. The molecule has 1 aromatic carbocycles. The lowest BCUT2D eigenvalue weighted by molar-refractivity contribution is -0.131. The first-order valence-electron chi connectivity index (χ1n) is 7.47. The molecule has 112 valence electrons. The first-order chi connectivity index (χ1) is 10.1. The van der Waals surface area contributed by atoms with Gasteiger partial charge in [0.05, 0.1) is 0 Å². The minimum atomic E-state index is -0.997. The van der Waals surface area contributed by atoms with Crippen LogP contribution in [0.25, 0.3) is 6.08 Å². The van der Waals surface area contributed by atoms with Crippen LogP contribution < -0.4 is 5.32 Å². The fourth-order valence-electron chi connectivity index (χ4n) is 2.64. The summed E-state index contributed by atoms with van der Waals surface area (Å²) in [6, 6.07) is 7.28. The molecule has 0 bridgehead atoms. The van der Waals surface area contributed by atoms with E-state index in [1.807, 2.05) is 0 Å². The molecule has 1 saturated carbocycles. The van der Waals surface area contributed by atoms with E-state index in [0.29, 0.717) is 11.1 Å². The predicted octanol–water partition coefficient (Wildman–Crippen LogP) is 3.24. The number of carboxylic acid groups (broad SMARTS) is 1. The topological polar surface area (TPSA) is 66.4 Å². The second kappa shape index (κ2) is 7.62. The van der Waals surface area contributed by atoms with Crippen LogP contribution in [-0.4, -0.2) is 23.0 Å². The molecule has 0 atom stereocenters. The molecule has 21 heavy (non-hydrogen) atoms. The number of hydrogen-bond donors (Lipinski definition) is 2. The van der Waals surface area contributed by atoms with Crippen LogP contribution in [0.2, 0.25) is 0 Å². The summed E-state index contributed by atoms with van der Waals surface area (Å²) < 4.78 is 0. The Balaban J connectivity index is 2.01. The molecule has 0 spiro atoms. The largest absolute Gasteiger partial charge is 0.478 e. The highest BCUT2D eigenvalue weighted by atomic mass is 16.4. The summed E-state index contributed by atoms with van der Waals surface area (Å²) in [4.78, 5) is 22.8. The zero-order chi connectivity index (χ0) is 15.1. The predicted molar refractivity (Wildman–Crippen MR) is 82.1 cm³/mol. The minimum absolute atomic E-state index is 0.0764. The van der Waals surface area contributed by atoms with E-state index >= 15 is 0 Å². The summed E-state index contributed by atoms with van der Waals surface area (Å²) in [6.07, 6.45) is 9.50. The van der Waals surface area contributed by atoms with Gasteiger partial charge in [-0.2, -0.15) is 0 Å². The van der Waals surface area contributed by atoms with Crippen LogP contribution in [0.4, 0.5) is 0 Å². The van der Waals surface area contributed by atoms with E-state index in [1.54, 1.807) is 24.3 Å². The Bertz CT molecular complexity index is 529. The Hall–Kier alpha value is -2.10. The fourth-order valence-corrected chi connectivity index (χ4v) is 2.64. The SMILES string of the molecule is O=C(O)C=Cc1cccc(C(=O)NC2CCCCCC2)c1. The molecule has 0 aliphatic heterocycles. The monoisotopic (exact) mass is 287 g/mol. The summed E-state index contributed by atoms with van der Waals surface area (Å²) in [5.41, 5.74) is 1.29. The standard InChI is InChI=1S/C17H21NO3/c19-16(20)11-10-13-6-5-7-14(12-13)17(21)18-15-8-3-1-2-4-9-15/h5-7,10-12,15H,1-4,8-9H2,(H,18,21)(H,19,20). The maximum Gasteiger partial charge on any atom is 0.328 e. The third-order valence-corrected chi connectivity index (χ3v) is 3.76. The number of carbonyl (C=O) groups excluding carboxylic acids is 1. The van der Waals surface area contributed by atoms with Crippen molar-refractivity contribution in [3.63, 3.8) is 0 Å². The lowest BCUT2D eigenvalue weighted by Crippen LogP contribution is -2.34. The van der Waals surface area contributed by atoms with Crippen molar-refractivity contribution in [3.8, 4) is 0 Å². The Labute approximate surface area is 124 Å². The maximum absolute atomic E-state index is 12.3. The van der Waals surface area contributed by atoms with E-state index < -0.39 is 5.97 Å². The van der Waals surface area contributed by atoms with Crippen molar-refractivity contribution in [2.24, 2.45) is 0 Å². The summed E-state index contributed by atoms with van der Waals surface area (Å²) in [5, 5.41) is 11.7. The van der Waals surface area contributed by atoms with Crippen molar-refractivity contribution >= 4 is 18.0 Å². The van der Waals surface area contributed by atoms with Gasteiger partial charge in [-0.25, -0.2) is 4.79 Å². The average molecular weight is 287 g/mol. The molecule has 2 rings (SSSR count). The van der Waals surface area contributed by atoms with Crippen LogP contribution >= 0.6 is 0 Å². The fraction of sp³-hybridized carbons (Fsp3) is 0.412. The van der Waals surface area contributed by atoms with Crippen LogP contribution in [0.1, 0.15) is 54.4 Å². The van der Waals surface area contributed by atoms with Crippen molar-refractivity contribution in [2.45, 2.75) is 44.6 Å². The number of carboxylic acids is 1. The molecule has 1 fully saturated rings. The van der Waals surface area contributed by atoms with Gasteiger partial charge in [0.25, 0.3) is 5.91 Å². The van der Waals surface area contributed by atoms with E-state index in [4.69, 9.17) is 5.11 Å². The number of aliphatic carboxylic acids is 1. The van der Waals surface area contributed by atoms with Gasteiger partial charge in [0.2, 0.25) is 0 Å². The highest BCUT2D eigenvalue weighted by Gasteiger charge is 2.15. The Morgan fingerprint density at radius 2 is 1.86 bits per heavy atom. The molecule has 0 saturated heterocycles. The lowest BCUT2D eigenvalue weighted by atomic mass is 10.1. The van der Waals surface area contributed by atoms with E-state index in [1.165, 1.54) is 31.8 Å². The third-order valence-electron chi connectivity index (χ3n) is 3.76. The molecule has 1 aliphatic rings. The average Bonchev–Trinajstić information content (AvgIpc) is 2.74. The minimum Gasteiger partial charge on any atom is -0.478 e. The summed E-state index contributed by atoms with van der Waals surface area (Å²) in [5.74, 6) is -1.07. The first kappa shape index (κ1) is 15.3. The molecule has 4 nitrogen and oxygen atoms in total. The van der Waals surface area contributed by atoms with Crippen molar-refractivity contribution in [2.75, 3.05) is 0 Å². The van der Waals surface area contributed by atoms with E-state index in [2.05, 4.69) is 5.32 Å². The molecule has 1 aromatic rings. The first-order valence-corrected chi connectivity index (χ1v) is 7.47. The molecule has 2 N–H and O–H groups in total. The van der Waals surface area contributed by atoms with Crippen LogP contribution in [-0.2, 0) is 4.79 Å². The Morgan fingerprint density at radius 1 is 1.14 bits per heavy atom. The molecule has 0 radical (unpaired) electrons. The Morgan fingerprint density at radius 3 is 2.52 bits per heavy atom. The van der Waals surface area contributed by atoms with Gasteiger partial charge in [-0.05, 0) is 36.6 Å². The normalized spacial score (nSPS) is 16.6. The molecule has 1 aliphatic carbocycles. The van der Waals surface area contributed by atoms with Gasteiger partial charge in [0.15, 0.2) is 0 Å². The maximum atomic E-state index is 12.3. The van der Waals surface area contributed by atoms with Crippen molar-refractivity contribution < 1.29 is 14.7 Å². The molecule has 0 unspecified atom stereocenters. The quantitative estimate of drug-likeness (QED) is 0.660. The second-order valence-corrected chi connectivity index (χ2v) is 5.46. The van der Waals surface area contributed by atoms with E-state index in [-0.39, 0.29) is 11.9 Å². The molecule has 1 amide bonds. The molecular formula is C17H21NO3. The number of nitrogens with one attached hydrogen (secondary N) is 1. The van der Waals surface area contributed by atoms with Crippen LogP contribution in [0, 0.1) is 0 Å². The van der Waals surface area contributed by atoms with Crippen LogP contribution in [0.3, 0.4) is 0 Å². The smallest absolute Gasteiger partial charge is 0.328 e. The van der Waals surface area contributed by atoms with E-state index in [9.17, 15) is 9.59 Å². The van der Waals surface area contributed by atoms with Gasteiger partial charge < -0.3 is 10.4 Å². The second-order valence-electron chi connectivity index (χ2n) is 5.46. The van der Waals surface area contributed by atoms with Gasteiger partial charge in [0.1, 0.15) is 0 Å². The van der Waals surface area contributed by atoms with Gasteiger partial charge in [-0.15, -0.1) is 0 Å². The molecular weight excluding hydrogens is 266 g/mol. The van der Waals surface area contributed by atoms with Gasteiger partial charge >= 0.3 is 5.97 Å². The van der Waals surface area contributed by atoms with Gasteiger partial charge in [-0.1, -0.05) is 37.8 Å². The molecule has 4 heteroatoms. The Kier molecular flexibility index (Phi) is 5.55. The summed E-state index contributed by atoms with van der Waals surface area (Å²) in [6.45, 7) is 0.